The quantitative estimate of drug-likeness (QED) is 0.786. The topological polar surface area (TPSA) is 15.3 Å². The molecule has 1 N–H and O–H groups in total. The number of anilines is 1. The summed E-state index contributed by atoms with van der Waals surface area (Å²) < 4.78 is 0. The Bertz CT molecular complexity index is 391. The summed E-state index contributed by atoms with van der Waals surface area (Å²) in [6.45, 7) is 11.2. The van der Waals surface area contributed by atoms with Crippen molar-refractivity contribution >= 4 is 5.69 Å². The molecule has 108 valence electrons. The van der Waals surface area contributed by atoms with Crippen LogP contribution in [0.5, 0.6) is 0 Å². The smallest absolute Gasteiger partial charge is 0.0396 e. The van der Waals surface area contributed by atoms with E-state index in [2.05, 4.69) is 63.2 Å². The Balaban J connectivity index is 2.75. The fraction of sp³-hybridized carbons (Fsp3) is 0.647. The zero-order chi connectivity index (χ0) is 14.5. The van der Waals surface area contributed by atoms with Crippen molar-refractivity contribution in [1.82, 2.24) is 5.32 Å². The molecule has 2 heteroatoms. The predicted octanol–water partition coefficient (Wildman–Crippen LogP) is 3.73. The van der Waals surface area contributed by atoms with Crippen molar-refractivity contribution < 1.29 is 0 Å². The molecule has 0 saturated heterocycles. The van der Waals surface area contributed by atoms with Gasteiger partial charge >= 0.3 is 0 Å². The summed E-state index contributed by atoms with van der Waals surface area (Å²) in [4.78, 5) is 2.39. The number of hydrogen-bond acceptors (Lipinski definition) is 2. The van der Waals surface area contributed by atoms with Gasteiger partial charge in [0.15, 0.2) is 0 Å². The van der Waals surface area contributed by atoms with Crippen LogP contribution < -0.4 is 10.2 Å². The molecule has 0 amide bonds. The standard InChI is InChI=1S/C17H30N2/c1-14-9-10-15(17(2,3)4)13-16(14)19(6)12-8-7-11-18-5/h9-10,13,18H,7-8,11-12H2,1-6H3. The number of hydrogen-bond donors (Lipinski definition) is 1. The van der Waals surface area contributed by atoms with E-state index in [1.807, 2.05) is 7.05 Å². The van der Waals surface area contributed by atoms with E-state index >= 15 is 0 Å². The molecule has 2 nitrogen and oxygen atoms in total. The number of unbranched alkanes of at least 4 members (excludes halogenated alkanes) is 1. The van der Waals surface area contributed by atoms with E-state index in [1.165, 1.54) is 29.7 Å². The largest absolute Gasteiger partial charge is 0.374 e. The molecule has 0 unspecified atom stereocenters. The van der Waals surface area contributed by atoms with E-state index in [4.69, 9.17) is 0 Å². The van der Waals surface area contributed by atoms with Gasteiger partial charge in [0, 0.05) is 19.3 Å². The van der Waals surface area contributed by atoms with Gasteiger partial charge in [0.1, 0.15) is 0 Å². The Hall–Kier alpha value is -1.02. The van der Waals surface area contributed by atoms with Crippen LogP contribution in [-0.2, 0) is 5.41 Å². The molecule has 0 bridgehead atoms. The molecule has 19 heavy (non-hydrogen) atoms. The van der Waals surface area contributed by atoms with Crippen molar-refractivity contribution in [1.29, 1.82) is 0 Å². The molecule has 1 rings (SSSR count). The van der Waals surface area contributed by atoms with Crippen molar-refractivity contribution in [2.24, 2.45) is 0 Å². The summed E-state index contributed by atoms with van der Waals surface area (Å²) in [5.74, 6) is 0. The van der Waals surface area contributed by atoms with Crippen LogP contribution in [0.15, 0.2) is 18.2 Å². The maximum Gasteiger partial charge on any atom is 0.0396 e. The van der Waals surface area contributed by atoms with Crippen molar-refractivity contribution in [3.8, 4) is 0 Å². The van der Waals surface area contributed by atoms with Gasteiger partial charge in [-0.15, -0.1) is 0 Å². The van der Waals surface area contributed by atoms with Gasteiger partial charge in [-0.05, 0) is 56.0 Å². The summed E-state index contributed by atoms with van der Waals surface area (Å²) in [6, 6.07) is 6.86. The monoisotopic (exact) mass is 262 g/mol. The number of aryl methyl sites for hydroxylation is 1. The molecule has 0 spiro atoms. The second-order valence-corrected chi connectivity index (χ2v) is 6.48. The first-order chi connectivity index (χ1) is 8.86. The van der Waals surface area contributed by atoms with Gasteiger partial charge < -0.3 is 10.2 Å². The highest BCUT2D eigenvalue weighted by atomic mass is 15.1. The van der Waals surface area contributed by atoms with Crippen molar-refractivity contribution in [3.63, 3.8) is 0 Å². The SMILES string of the molecule is CNCCCCN(C)c1cc(C(C)(C)C)ccc1C. The molecule has 0 saturated carbocycles. The normalized spacial score (nSPS) is 11.7. The Morgan fingerprint density at radius 1 is 1.16 bits per heavy atom. The minimum absolute atomic E-state index is 0.218. The maximum atomic E-state index is 3.20. The first-order valence-corrected chi connectivity index (χ1v) is 7.33. The van der Waals surface area contributed by atoms with Gasteiger partial charge in [-0.1, -0.05) is 32.9 Å². The van der Waals surface area contributed by atoms with Gasteiger partial charge in [-0.25, -0.2) is 0 Å². The van der Waals surface area contributed by atoms with Gasteiger partial charge in [-0.3, -0.25) is 0 Å². The average molecular weight is 262 g/mol. The third-order valence-corrected chi connectivity index (χ3v) is 3.66. The summed E-state index contributed by atoms with van der Waals surface area (Å²) in [5, 5.41) is 3.20. The minimum Gasteiger partial charge on any atom is -0.374 e. The third kappa shape index (κ3) is 4.87. The van der Waals surface area contributed by atoms with E-state index < -0.39 is 0 Å². The van der Waals surface area contributed by atoms with E-state index in [0.717, 1.165) is 13.1 Å². The van der Waals surface area contributed by atoms with Crippen LogP contribution in [0.25, 0.3) is 0 Å². The molecular formula is C17H30N2. The fourth-order valence-electron chi connectivity index (χ4n) is 2.26. The van der Waals surface area contributed by atoms with Crippen LogP contribution in [0.3, 0.4) is 0 Å². The van der Waals surface area contributed by atoms with E-state index in [-0.39, 0.29) is 5.41 Å². The van der Waals surface area contributed by atoms with Crippen LogP contribution >= 0.6 is 0 Å². The molecule has 1 aromatic rings. The highest BCUT2D eigenvalue weighted by Crippen LogP contribution is 2.28. The lowest BCUT2D eigenvalue weighted by Crippen LogP contribution is -2.22. The zero-order valence-electron chi connectivity index (χ0n) is 13.5. The van der Waals surface area contributed by atoms with Crippen LogP contribution in [0.4, 0.5) is 5.69 Å². The summed E-state index contributed by atoms with van der Waals surface area (Å²) in [5.41, 5.74) is 4.37. The summed E-state index contributed by atoms with van der Waals surface area (Å²) in [7, 11) is 4.22. The number of benzene rings is 1. The van der Waals surface area contributed by atoms with Gasteiger partial charge in [0.25, 0.3) is 0 Å². The maximum absolute atomic E-state index is 3.20. The van der Waals surface area contributed by atoms with E-state index in [0.29, 0.717) is 0 Å². The van der Waals surface area contributed by atoms with Crippen LogP contribution in [0.1, 0.15) is 44.7 Å². The Morgan fingerprint density at radius 2 is 1.84 bits per heavy atom. The molecule has 0 aliphatic heterocycles. The number of rotatable bonds is 6. The first-order valence-electron chi connectivity index (χ1n) is 7.33. The fourth-order valence-corrected chi connectivity index (χ4v) is 2.26. The van der Waals surface area contributed by atoms with E-state index in [1.54, 1.807) is 0 Å². The number of nitrogens with one attached hydrogen (secondary N) is 1. The summed E-state index contributed by atoms with van der Waals surface area (Å²) in [6.07, 6.45) is 2.47. The Morgan fingerprint density at radius 3 is 2.42 bits per heavy atom. The van der Waals surface area contributed by atoms with Crippen molar-refractivity contribution in [2.45, 2.75) is 46.0 Å². The Kier molecular flexibility index (Phi) is 5.86. The molecule has 0 aliphatic rings. The first kappa shape index (κ1) is 16.0. The molecule has 0 aromatic heterocycles. The highest BCUT2D eigenvalue weighted by Gasteiger charge is 2.15. The lowest BCUT2D eigenvalue weighted by molar-refractivity contribution is 0.589. The lowest BCUT2D eigenvalue weighted by Gasteiger charge is -2.26. The zero-order valence-corrected chi connectivity index (χ0v) is 13.5. The van der Waals surface area contributed by atoms with Gasteiger partial charge in [0.05, 0.1) is 0 Å². The van der Waals surface area contributed by atoms with Crippen LogP contribution in [0.2, 0.25) is 0 Å². The molecule has 0 heterocycles. The molecule has 0 aliphatic carbocycles. The average Bonchev–Trinajstić information content (AvgIpc) is 2.33. The summed E-state index contributed by atoms with van der Waals surface area (Å²) >= 11 is 0. The Labute approximate surface area is 119 Å². The van der Waals surface area contributed by atoms with Crippen LogP contribution in [-0.4, -0.2) is 27.2 Å². The second-order valence-electron chi connectivity index (χ2n) is 6.48. The van der Waals surface area contributed by atoms with Gasteiger partial charge in [0.2, 0.25) is 0 Å². The molecule has 0 fully saturated rings. The third-order valence-electron chi connectivity index (χ3n) is 3.66. The van der Waals surface area contributed by atoms with Crippen LogP contribution in [0, 0.1) is 6.92 Å². The predicted molar refractivity (Wildman–Crippen MR) is 86.3 cm³/mol. The van der Waals surface area contributed by atoms with E-state index in [9.17, 15) is 0 Å². The molecule has 0 atom stereocenters. The molecule has 0 radical (unpaired) electrons. The lowest BCUT2D eigenvalue weighted by atomic mass is 9.86. The highest BCUT2D eigenvalue weighted by molar-refractivity contribution is 5.55. The second kappa shape index (κ2) is 6.95. The van der Waals surface area contributed by atoms with Crippen molar-refractivity contribution in [2.75, 3.05) is 32.1 Å². The van der Waals surface area contributed by atoms with Crippen molar-refractivity contribution in [3.05, 3.63) is 29.3 Å². The minimum atomic E-state index is 0.218. The molecular weight excluding hydrogens is 232 g/mol. The van der Waals surface area contributed by atoms with Gasteiger partial charge in [-0.2, -0.15) is 0 Å². The number of nitrogens with zero attached hydrogens (tertiary/aromatic N) is 1. The molecule has 1 aromatic carbocycles.